The molecule has 0 aromatic heterocycles. The molecule has 6 heteroatoms. The summed E-state index contributed by atoms with van der Waals surface area (Å²) in [6.45, 7) is 2.67. The third kappa shape index (κ3) is 4.21. The zero-order valence-electron chi connectivity index (χ0n) is 14.9. The summed E-state index contributed by atoms with van der Waals surface area (Å²) in [6.07, 6.45) is 4.23. The predicted molar refractivity (Wildman–Crippen MR) is 92.9 cm³/mol. The molecular formula is C19H23NO5. The molecular weight excluding hydrogens is 322 g/mol. The Kier molecular flexibility index (Phi) is 6.22. The van der Waals surface area contributed by atoms with E-state index in [9.17, 15) is 9.59 Å². The number of esters is 2. The molecule has 134 valence electrons. The maximum atomic E-state index is 12.2. The van der Waals surface area contributed by atoms with Gasteiger partial charge in [-0.15, -0.1) is 0 Å². The van der Waals surface area contributed by atoms with Crippen molar-refractivity contribution in [2.24, 2.45) is 0 Å². The topological polar surface area (TPSA) is 65.1 Å². The minimum atomic E-state index is -0.559. The minimum absolute atomic E-state index is 0.370. The standard InChI is InChI=1S/C19H23NO5/c1-5-10-25-14-8-6-13(7-9-14)17-15(18(21)23-3)11-20(2)12-16(17)19(22)24-4/h6-9,11-12,17H,5,10H2,1-4H3. The van der Waals surface area contributed by atoms with Crippen LogP contribution in [-0.4, -0.2) is 44.7 Å². The monoisotopic (exact) mass is 345 g/mol. The van der Waals surface area contributed by atoms with Gasteiger partial charge in [-0.3, -0.25) is 0 Å². The molecule has 0 N–H and O–H groups in total. The Morgan fingerprint density at radius 3 is 1.96 bits per heavy atom. The minimum Gasteiger partial charge on any atom is -0.494 e. The second-order valence-electron chi connectivity index (χ2n) is 5.67. The summed E-state index contributed by atoms with van der Waals surface area (Å²) in [7, 11) is 4.37. The van der Waals surface area contributed by atoms with Crippen LogP contribution in [-0.2, 0) is 19.1 Å². The second-order valence-corrected chi connectivity index (χ2v) is 5.67. The van der Waals surface area contributed by atoms with Crippen molar-refractivity contribution in [2.75, 3.05) is 27.9 Å². The molecule has 0 atom stereocenters. The highest BCUT2D eigenvalue weighted by molar-refractivity contribution is 5.98. The Morgan fingerprint density at radius 1 is 1.00 bits per heavy atom. The summed E-state index contributed by atoms with van der Waals surface area (Å²) < 4.78 is 15.4. The molecule has 0 saturated carbocycles. The molecule has 25 heavy (non-hydrogen) atoms. The van der Waals surface area contributed by atoms with Crippen LogP contribution >= 0.6 is 0 Å². The van der Waals surface area contributed by atoms with Crippen molar-refractivity contribution in [3.63, 3.8) is 0 Å². The van der Waals surface area contributed by atoms with Crippen molar-refractivity contribution in [2.45, 2.75) is 19.3 Å². The highest BCUT2D eigenvalue weighted by Crippen LogP contribution is 2.37. The van der Waals surface area contributed by atoms with Gasteiger partial charge in [-0.25, -0.2) is 9.59 Å². The number of benzene rings is 1. The molecule has 6 nitrogen and oxygen atoms in total. The molecule has 1 aromatic rings. The molecule has 1 aliphatic rings. The van der Waals surface area contributed by atoms with E-state index < -0.39 is 17.9 Å². The Morgan fingerprint density at radius 2 is 1.52 bits per heavy atom. The maximum Gasteiger partial charge on any atom is 0.336 e. The molecule has 0 saturated heterocycles. The maximum absolute atomic E-state index is 12.2. The SMILES string of the molecule is CCCOc1ccc(C2C(C(=O)OC)=CN(C)C=C2C(=O)OC)cc1. The molecule has 0 radical (unpaired) electrons. The van der Waals surface area contributed by atoms with E-state index in [1.807, 2.05) is 31.2 Å². The van der Waals surface area contributed by atoms with Gasteiger partial charge in [0.2, 0.25) is 0 Å². The summed E-state index contributed by atoms with van der Waals surface area (Å²) >= 11 is 0. The Labute approximate surface area is 147 Å². The number of hydrogen-bond acceptors (Lipinski definition) is 6. The first kappa shape index (κ1) is 18.6. The van der Waals surface area contributed by atoms with Crippen LogP contribution in [0.15, 0.2) is 47.8 Å². The highest BCUT2D eigenvalue weighted by Gasteiger charge is 2.34. The molecule has 0 amide bonds. The third-order valence-corrected chi connectivity index (χ3v) is 3.84. The van der Waals surface area contributed by atoms with Gasteiger partial charge in [0.15, 0.2) is 0 Å². The van der Waals surface area contributed by atoms with E-state index in [1.165, 1.54) is 14.2 Å². The lowest BCUT2D eigenvalue weighted by Crippen LogP contribution is -2.27. The second kappa shape index (κ2) is 8.37. The van der Waals surface area contributed by atoms with Gasteiger partial charge < -0.3 is 19.1 Å². The summed E-state index contributed by atoms with van der Waals surface area (Å²) in [5.41, 5.74) is 1.52. The molecule has 0 bridgehead atoms. The lowest BCUT2D eigenvalue weighted by molar-refractivity contribution is -0.137. The van der Waals surface area contributed by atoms with Crippen LogP contribution in [0.25, 0.3) is 0 Å². The first-order chi connectivity index (χ1) is 12.0. The molecule has 0 spiro atoms. The first-order valence-corrected chi connectivity index (χ1v) is 8.06. The quantitative estimate of drug-likeness (QED) is 0.739. The van der Waals surface area contributed by atoms with Crippen molar-refractivity contribution in [1.82, 2.24) is 4.90 Å². The van der Waals surface area contributed by atoms with Gasteiger partial charge in [-0.05, 0) is 24.1 Å². The van der Waals surface area contributed by atoms with Gasteiger partial charge in [-0.2, -0.15) is 0 Å². The average Bonchev–Trinajstić information content (AvgIpc) is 2.64. The number of methoxy groups -OCH3 is 2. The summed E-state index contributed by atoms with van der Waals surface area (Å²) in [6, 6.07) is 7.34. The smallest absolute Gasteiger partial charge is 0.336 e. The lowest BCUT2D eigenvalue weighted by Gasteiger charge is -2.28. The van der Waals surface area contributed by atoms with Crippen LogP contribution in [0.4, 0.5) is 0 Å². The third-order valence-electron chi connectivity index (χ3n) is 3.84. The molecule has 0 aliphatic carbocycles. The molecule has 0 unspecified atom stereocenters. The zero-order chi connectivity index (χ0) is 18.4. The summed E-state index contributed by atoms with van der Waals surface area (Å²) in [4.78, 5) is 26.1. The number of nitrogens with zero attached hydrogens (tertiary/aromatic N) is 1. The van der Waals surface area contributed by atoms with Crippen molar-refractivity contribution in [3.05, 3.63) is 53.4 Å². The van der Waals surface area contributed by atoms with E-state index in [1.54, 1.807) is 24.3 Å². The Hall–Kier alpha value is -2.76. The lowest BCUT2D eigenvalue weighted by atomic mass is 9.83. The van der Waals surface area contributed by atoms with Gasteiger partial charge in [0, 0.05) is 19.4 Å². The largest absolute Gasteiger partial charge is 0.494 e. The zero-order valence-corrected chi connectivity index (χ0v) is 14.9. The van der Waals surface area contributed by atoms with E-state index in [2.05, 4.69) is 0 Å². The van der Waals surface area contributed by atoms with Gasteiger partial charge >= 0.3 is 11.9 Å². The molecule has 1 aromatic carbocycles. The molecule has 1 heterocycles. The van der Waals surface area contributed by atoms with Crippen molar-refractivity contribution < 1.29 is 23.8 Å². The number of carbonyl (C=O) groups is 2. The van der Waals surface area contributed by atoms with E-state index in [0.29, 0.717) is 17.8 Å². The summed E-state index contributed by atoms with van der Waals surface area (Å²) in [5.74, 6) is -0.794. The van der Waals surface area contributed by atoms with Crippen LogP contribution in [0.1, 0.15) is 24.8 Å². The van der Waals surface area contributed by atoms with E-state index >= 15 is 0 Å². The fourth-order valence-electron chi connectivity index (χ4n) is 2.70. The van der Waals surface area contributed by atoms with Gasteiger partial charge in [-0.1, -0.05) is 19.1 Å². The summed E-state index contributed by atoms with van der Waals surface area (Å²) in [5, 5.41) is 0. The fourth-order valence-corrected chi connectivity index (χ4v) is 2.70. The Balaban J connectivity index is 2.43. The number of hydrogen-bond donors (Lipinski definition) is 0. The highest BCUT2D eigenvalue weighted by atomic mass is 16.5. The number of ether oxygens (including phenoxy) is 3. The van der Waals surface area contributed by atoms with E-state index in [4.69, 9.17) is 14.2 Å². The normalized spacial score (nSPS) is 14.5. The molecule has 1 aliphatic heterocycles. The number of carbonyl (C=O) groups excluding carboxylic acids is 2. The van der Waals surface area contributed by atoms with Crippen LogP contribution in [0.2, 0.25) is 0 Å². The van der Waals surface area contributed by atoms with Crippen LogP contribution in [0.5, 0.6) is 5.75 Å². The van der Waals surface area contributed by atoms with E-state index in [-0.39, 0.29) is 0 Å². The van der Waals surface area contributed by atoms with Crippen molar-refractivity contribution in [3.8, 4) is 5.75 Å². The van der Waals surface area contributed by atoms with Crippen LogP contribution < -0.4 is 4.74 Å². The van der Waals surface area contributed by atoms with Crippen molar-refractivity contribution in [1.29, 1.82) is 0 Å². The molecule has 0 fully saturated rings. The van der Waals surface area contributed by atoms with Crippen LogP contribution in [0.3, 0.4) is 0 Å². The van der Waals surface area contributed by atoms with Crippen LogP contribution in [0, 0.1) is 0 Å². The predicted octanol–water partition coefficient (Wildman–Crippen LogP) is 2.62. The molecule has 2 rings (SSSR count). The van der Waals surface area contributed by atoms with Gasteiger partial charge in [0.1, 0.15) is 5.75 Å². The Bertz CT molecular complexity index is 656. The number of rotatable bonds is 6. The fraction of sp³-hybridized carbons (Fsp3) is 0.368. The first-order valence-electron chi connectivity index (χ1n) is 8.06. The average molecular weight is 345 g/mol. The van der Waals surface area contributed by atoms with Gasteiger partial charge in [0.25, 0.3) is 0 Å². The van der Waals surface area contributed by atoms with Crippen molar-refractivity contribution >= 4 is 11.9 Å². The van der Waals surface area contributed by atoms with E-state index in [0.717, 1.165) is 17.7 Å². The van der Waals surface area contributed by atoms with Gasteiger partial charge in [0.05, 0.1) is 37.9 Å².